The number of aliphatic hydroxyl groups excluding tert-OH is 1. The fourth-order valence-electron chi connectivity index (χ4n) is 7.65. The molecule has 0 radical (unpaired) electrons. The zero-order valence-corrected chi connectivity index (χ0v) is 29.6. The summed E-state index contributed by atoms with van der Waals surface area (Å²) in [6.07, 6.45) is -7.05. The van der Waals surface area contributed by atoms with E-state index in [1.54, 1.807) is 12.1 Å². The number of carbonyl (C=O) groups is 6. The lowest BCUT2D eigenvalue weighted by molar-refractivity contribution is -0.254. The monoisotopic (exact) mass is 766 g/mol. The number of aromatic hydroxyl groups is 2. The van der Waals surface area contributed by atoms with Crippen LogP contribution in [0.5, 0.6) is 17.2 Å². The standard InChI is InChI=1S/C37H34N2O14.ClH/c1-15-30(42)20(39-35(47)16-6-3-4-7-17(16)36(39)48)10-25(52-15)53-22-12-37(49,23(40)14-51-24(41)13-38)11-19-27(22)34(46)29-28(32(19)44)31(43)18-8-5-9-21(50-2)26(18)33(29)45;/h3-9,15,20,22,25,30,42,44,46,49H,10-14,38H2,1-2H3;1H/t15-,20-,22-,25-,30+,37-;/m0./s1. The maximum Gasteiger partial charge on any atom is 0.320 e. The SMILES string of the molecule is COc1cccc2c1C(=O)c1c(O)c3c(c(O)c1C2=O)C[C@@](O)(C(=O)COC(=O)CN)C[C@@H]3O[C@H]1C[C@H](N2C(=O)c3ccccc3C2=O)[C@H](O)[C@H](C)O1.Cl. The molecule has 0 aromatic heterocycles. The first-order chi connectivity index (χ1) is 25.2. The Morgan fingerprint density at radius 3 is 2.20 bits per heavy atom. The van der Waals surface area contributed by atoms with Gasteiger partial charge in [0.2, 0.25) is 11.6 Å². The molecule has 284 valence electrons. The zero-order chi connectivity index (χ0) is 38.1. The summed E-state index contributed by atoms with van der Waals surface area (Å²) in [6.45, 7) is -0.0107. The van der Waals surface area contributed by atoms with E-state index in [2.05, 4.69) is 0 Å². The highest BCUT2D eigenvalue weighted by Crippen LogP contribution is 2.52. The minimum absolute atomic E-state index is 0. The average Bonchev–Trinajstić information content (AvgIpc) is 3.40. The summed E-state index contributed by atoms with van der Waals surface area (Å²) in [6, 6.07) is 9.22. The Morgan fingerprint density at radius 2 is 1.57 bits per heavy atom. The molecule has 17 heteroatoms. The molecule has 7 rings (SSSR count). The first-order valence-electron chi connectivity index (χ1n) is 16.7. The van der Waals surface area contributed by atoms with E-state index >= 15 is 0 Å². The van der Waals surface area contributed by atoms with Crippen LogP contribution in [0.4, 0.5) is 0 Å². The number of phenolic OH excluding ortho intramolecular Hbond substituents is 2. The molecule has 4 aliphatic rings. The topological polar surface area (TPSA) is 250 Å². The number of Topliss-reactive ketones (excluding diaryl/α,β-unsaturated/α-hetero) is 1. The molecule has 54 heavy (non-hydrogen) atoms. The van der Waals surface area contributed by atoms with Crippen molar-refractivity contribution in [2.24, 2.45) is 5.73 Å². The van der Waals surface area contributed by atoms with Crippen LogP contribution in [0, 0.1) is 0 Å². The largest absolute Gasteiger partial charge is 0.507 e. The number of methoxy groups -OCH3 is 1. The summed E-state index contributed by atoms with van der Waals surface area (Å²) in [7, 11) is 1.29. The highest BCUT2D eigenvalue weighted by atomic mass is 35.5. The molecule has 2 aliphatic heterocycles. The van der Waals surface area contributed by atoms with E-state index in [0.29, 0.717) is 0 Å². The quantitative estimate of drug-likeness (QED) is 0.0962. The predicted octanol–water partition coefficient (Wildman–Crippen LogP) is 1.27. The van der Waals surface area contributed by atoms with Crippen LogP contribution in [0.1, 0.15) is 89.6 Å². The number of nitrogens with zero attached hydrogens (tertiary/aromatic N) is 1. The van der Waals surface area contributed by atoms with Crippen LogP contribution < -0.4 is 10.5 Å². The van der Waals surface area contributed by atoms with Crippen molar-refractivity contribution in [1.29, 1.82) is 0 Å². The molecular weight excluding hydrogens is 732 g/mol. The second-order valence-corrected chi connectivity index (χ2v) is 13.3. The molecular formula is C37H35ClN2O14. The summed E-state index contributed by atoms with van der Waals surface area (Å²) in [5.41, 5.74) is 1.13. The number of carbonyl (C=O) groups excluding carboxylic acids is 6. The number of benzene rings is 3. The molecule has 0 unspecified atom stereocenters. The first kappa shape index (κ1) is 38.5. The number of hydrogen-bond acceptors (Lipinski definition) is 15. The lowest BCUT2D eigenvalue weighted by Crippen LogP contribution is -2.57. The van der Waals surface area contributed by atoms with Crippen LogP contribution in [0.2, 0.25) is 0 Å². The van der Waals surface area contributed by atoms with Crippen molar-refractivity contribution in [3.8, 4) is 17.2 Å². The smallest absolute Gasteiger partial charge is 0.320 e. The molecule has 2 heterocycles. The number of hydrogen-bond donors (Lipinski definition) is 5. The molecule has 16 nitrogen and oxygen atoms in total. The maximum absolute atomic E-state index is 14.0. The van der Waals surface area contributed by atoms with Gasteiger partial charge >= 0.3 is 5.97 Å². The maximum atomic E-state index is 14.0. The van der Waals surface area contributed by atoms with Crippen LogP contribution in [0.15, 0.2) is 42.5 Å². The lowest BCUT2D eigenvalue weighted by Gasteiger charge is -2.44. The van der Waals surface area contributed by atoms with Crippen LogP contribution in [-0.4, -0.2) is 111 Å². The number of aliphatic hydroxyl groups is 2. The molecule has 1 fully saturated rings. The molecule has 3 aromatic carbocycles. The minimum atomic E-state index is -2.45. The van der Waals surface area contributed by atoms with E-state index in [1.165, 1.54) is 44.4 Å². The molecule has 0 spiro atoms. The van der Waals surface area contributed by atoms with Crippen LogP contribution in [0.25, 0.3) is 0 Å². The molecule has 6 atom stereocenters. The minimum Gasteiger partial charge on any atom is -0.507 e. The second kappa shape index (κ2) is 14.2. The Morgan fingerprint density at radius 1 is 0.944 bits per heavy atom. The molecule has 0 bridgehead atoms. The van der Waals surface area contributed by atoms with Gasteiger partial charge < -0.3 is 45.1 Å². The summed E-state index contributed by atoms with van der Waals surface area (Å²) in [5, 5.41) is 46.5. The fourth-order valence-corrected chi connectivity index (χ4v) is 7.65. The third-order valence-corrected chi connectivity index (χ3v) is 10.3. The van der Waals surface area contributed by atoms with Gasteiger partial charge in [-0.15, -0.1) is 12.4 Å². The van der Waals surface area contributed by atoms with Crippen molar-refractivity contribution in [2.45, 2.75) is 62.4 Å². The fraction of sp³-hybridized carbons (Fsp3) is 0.351. The Balaban J connectivity index is 0.00000497. The van der Waals surface area contributed by atoms with Gasteiger partial charge in [-0.25, -0.2) is 0 Å². The number of phenols is 2. The molecule has 0 saturated carbocycles. The number of ketones is 3. The Labute approximate surface area is 312 Å². The van der Waals surface area contributed by atoms with E-state index in [4.69, 9.17) is 24.7 Å². The van der Waals surface area contributed by atoms with Crippen molar-refractivity contribution in [2.75, 3.05) is 20.3 Å². The van der Waals surface area contributed by atoms with Gasteiger partial charge in [-0.1, -0.05) is 24.3 Å². The number of rotatable bonds is 8. The number of esters is 1. The van der Waals surface area contributed by atoms with Gasteiger partial charge in [-0.3, -0.25) is 33.7 Å². The van der Waals surface area contributed by atoms with Gasteiger partial charge in [-0.05, 0) is 25.1 Å². The van der Waals surface area contributed by atoms with E-state index in [0.717, 1.165) is 4.90 Å². The zero-order valence-electron chi connectivity index (χ0n) is 28.8. The average molecular weight is 767 g/mol. The van der Waals surface area contributed by atoms with Crippen molar-refractivity contribution in [3.63, 3.8) is 0 Å². The third-order valence-electron chi connectivity index (χ3n) is 10.3. The van der Waals surface area contributed by atoms with Crippen molar-refractivity contribution < 1.29 is 68.1 Å². The van der Waals surface area contributed by atoms with Gasteiger partial charge in [0.25, 0.3) is 11.8 Å². The molecule has 6 N–H and O–H groups in total. The van der Waals surface area contributed by atoms with Gasteiger partial charge in [0, 0.05) is 36.0 Å². The first-order valence-corrected chi connectivity index (χ1v) is 16.7. The van der Waals surface area contributed by atoms with Crippen molar-refractivity contribution in [1.82, 2.24) is 4.90 Å². The third kappa shape index (κ3) is 5.91. The van der Waals surface area contributed by atoms with E-state index < -0.39 is 120 Å². The van der Waals surface area contributed by atoms with Crippen molar-refractivity contribution >= 4 is 47.5 Å². The normalized spacial score (nSPS) is 25.6. The van der Waals surface area contributed by atoms with Crippen LogP contribution >= 0.6 is 12.4 Å². The number of ether oxygens (including phenoxy) is 4. The second-order valence-electron chi connectivity index (χ2n) is 13.3. The highest BCUT2D eigenvalue weighted by Gasteiger charge is 2.52. The van der Waals surface area contributed by atoms with Crippen LogP contribution in [-0.2, 0) is 30.2 Å². The van der Waals surface area contributed by atoms with Crippen molar-refractivity contribution in [3.05, 3.63) is 87.0 Å². The Hall–Kier alpha value is -5.23. The Bertz CT molecular complexity index is 2100. The molecule has 2 amide bonds. The molecule has 2 aliphatic carbocycles. The summed E-state index contributed by atoms with van der Waals surface area (Å²) in [5.74, 6) is -6.54. The molecule has 1 saturated heterocycles. The van der Waals surface area contributed by atoms with Gasteiger partial charge in [0.15, 0.2) is 18.7 Å². The predicted molar refractivity (Wildman–Crippen MR) is 185 cm³/mol. The highest BCUT2D eigenvalue weighted by molar-refractivity contribution is 6.31. The lowest BCUT2D eigenvalue weighted by atomic mass is 9.72. The number of halogens is 1. The number of nitrogens with two attached hydrogens (primary N) is 1. The molecule has 3 aromatic rings. The summed E-state index contributed by atoms with van der Waals surface area (Å²) in [4.78, 5) is 80.8. The number of fused-ring (bicyclic) bond motifs is 4. The van der Waals surface area contributed by atoms with Crippen LogP contribution in [0.3, 0.4) is 0 Å². The number of imide groups is 1. The van der Waals surface area contributed by atoms with Gasteiger partial charge in [0.1, 0.15) is 29.0 Å². The van der Waals surface area contributed by atoms with Gasteiger partial charge in [-0.2, -0.15) is 0 Å². The summed E-state index contributed by atoms with van der Waals surface area (Å²) >= 11 is 0. The number of amides is 2. The summed E-state index contributed by atoms with van der Waals surface area (Å²) < 4.78 is 22.4. The van der Waals surface area contributed by atoms with E-state index in [1.807, 2.05) is 0 Å². The Kier molecular flexibility index (Phi) is 10.1. The van der Waals surface area contributed by atoms with E-state index in [-0.39, 0.29) is 58.0 Å². The van der Waals surface area contributed by atoms with Gasteiger partial charge in [0.05, 0.1) is 59.7 Å². The van der Waals surface area contributed by atoms with E-state index in [9.17, 15) is 49.2 Å².